The number of hydrogen-bond acceptors (Lipinski definition) is 7. The second-order valence-corrected chi connectivity index (χ2v) is 7.86. The number of rotatable bonds is 6. The molecule has 9 heteroatoms. The fourth-order valence-electron chi connectivity index (χ4n) is 3.87. The van der Waals surface area contributed by atoms with Crippen molar-refractivity contribution in [2.24, 2.45) is 0 Å². The van der Waals surface area contributed by atoms with E-state index in [0.29, 0.717) is 32.9 Å². The zero-order valence-corrected chi connectivity index (χ0v) is 20.2. The van der Waals surface area contributed by atoms with E-state index >= 15 is 0 Å². The van der Waals surface area contributed by atoms with Gasteiger partial charge in [-0.1, -0.05) is 48.5 Å². The molecule has 4 aromatic carbocycles. The minimum absolute atomic E-state index is 0.0864. The molecular formula is C28H24N2O7. The van der Waals surface area contributed by atoms with Crippen molar-refractivity contribution in [2.45, 2.75) is 13.8 Å². The van der Waals surface area contributed by atoms with Crippen molar-refractivity contribution in [2.75, 3.05) is 23.8 Å². The van der Waals surface area contributed by atoms with E-state index in [2.05, 4.69) is 10.6 Å². The topological polar surface area (TPSA) is 120 Å². The summed E-state index contributed by atoms with van der Waals surface area (Å²) in [5, 5.41) is 7.53. The summed E-state index contributed by atoms with van der Waals surface area (Å²) in [7, 11) is 0. The molecule has 0 aliphatic heterocycles. The van der Waals surface area contributed by atoms with Crippen molar-refractivity contribution in [1.29, 1.82) is 0 Å². The molecule has 0 aromatic heterocycles. The molecule has 37 heavy (non-hydrogen) atoms. The van der Waals surface area contributed by atoms with E-state index < -0.39 is 24.1 Å². The van der Waals surface area contributed by atoms with Crippen LogP contribution in [0.1, 0.15) is 34.6 Å². The van der Waals surface area contributed by atoms with Gasteiger partial charge in [0, 0.05) is 11.4 Å². The summed E-state index contributed by atoms with van der Waals surface area (Å²) in [6.07, 6.45) is -1.35. The van der Waals surface area contributed by atoms with Crippen molar-refractivity contribution < 1.29 is 33.4 Å². The third-order valence-electron chi connectivity index (χ3n) is 5.39. The van der Waals surface area contributed by atoms with Crippen molar-refractivity contribution in [1.82, 2.24) is 0 Å². The number of benzene rings is 4. The number of anilines is 2. The molecule has 0 bridgehead atoms. The largest absolute Gasteiger partial charge is 0.450 e. The van der Waals surface area contributed by atoms with Gasteiger partial charge in [0.05, 0.1) is 24.3 Å². The molecule has 2 N–H and O–H groups in total. The first-order valence-corrected chi connectivity index (χ1v) is 11.6. The van der Waals surface area contributed by atoms with Gasteiger partial charge in [0.1, 0.15) is 0 Å². The van der Waals surface area contributed by atoms with Crippen LogP contribution < -0.4 is 10.6 Å². The van der Waals surface area contributed by atoms with E-state index in [4.69, 9.17) is 14.2 Å². The van der Waals surface area contributed by atoms with Crippen LogP contribution in [0.5, 0.6) is 0 Å². The summed E-state index contributed by atoms with van der Waals surface area (Å²) in [6.45, 7) is 3.71. The Labute approximate surface area is 212 Å². The molecule has 0 aliphatic rings. The Morgan fingerprint density at radius 3 is 1.43 bits per heavy atom. The molecule has 4 aromatic rings. The summed E-state index contributed by atoms with van der Waals surface area (Å²) in [6, 6.07) is 20.2. The molecule has 9 nitrogen and oxygen atoms in total. The van der Waals surface area contributed by atoms with Gasteiger partial charge in [-0.3, -0.25) is 10.6 Å². The summed E-state index contributed by atoms with van der Waals surface area (Å²) >= 11 is 0. The Bertz CT molecular complexity index is 1400. The fraction of sp³-hybridized carbons (Fsp3) is 0.143. The molecule has 2 amide bonds. The van der Waals surface area contributed by atoms with Gasteiger partial charge in [-0.2, -0.15) is 0 Å². The van der Waals surface area contributed by atoms with Crippen molar-refractivity contribution >= 4 is 57.0 Å². The molecular weight excluding hydrogens is 476 g/mol. The van der Waals surface area contributed by atoms with E-state index in [9.17, 15) is 19.2 Å². The fourth-order valence-corrected chi connectivity index (χ4v) is 3.87. The highest BCUT2D eigenvalue weighted by atomic mass is 16.6. The molecule has 0 saturated heterocycles. The third kappa shape index (κ3) is 5.84. The van der Waals surface area contributed by atoms with Gasteiger partial charge >= 0.3 is 24.1 Å². The maximum absolute atomic E-state index is 13.2. The number of hydrogen-bond donors (Lipinski definition) is 2. The summed E-state index contributed by atoms with van der Waals surface area (Å²) < 4.78 is 15.1. The van der Waals surface area contributed by atoms with Gasteiger partial charge in [-0.15, -0.1) is 0 Å². The lowest BCUT2D eigenvalue weighted by Gasteiger charge is -2.13. The summed E-state index contributed by atoms with van der Waals surface area (Å²) in [5.41, 5.74) is 0.789. The van der Waals surface area contributed by atoms with Crippen LogP contribution in [-0.2, 0) is 14.2 Å². The number of carbonyl (C=O) groups excluding carboxylic acids is 4. The number of amides is 2. The SMILES string of the molecule is CCOC(=O)Nc1cc(C(=O)OC(=O)c2cc(NC(=O)OCC)cc3ccccc23)c2ccccc2c1. The first-order valence-electron chi connectivity index (χ1n) is 11.6. The zero-order chi connectivity index (χ0) is 26.4. The minimum Gasteiger partial charge on any atom is -0.450 e. The van der Waals surface area contributed by atoms with Crippen molar-refractivity contribution in [3.05, 3.63) is 83.9 Å². The van der Waals surface area contributed by atoms with Crippen LogP contribution in [0.3, 0.4) is 0 Å². The van der Waals surface area contributed by atoms with Crippen LogP contribution >= 0.6 is 0 Å². The van der Waals surface area contributed by atoms with Gasteiger partial charge in [-0.05, 0) is 59.7 Å². The molecule has 0 saturated carbocycles. The predicted octanol–water partition coefficient (Wildman–Crippen LogP) is 6.13. The lowest BCUT2D eigenvalue weighted by molar-refractivity contribution is 0.0400. The standard InChI is InChI=1S/C28H24N2O7/c1-3-35-27(33)29-19-13-17-9-5-7-11-21(17)23(15-19)25(31)37-26(32)24-16-20(30-28(34)36-4-2)14-18-10-6-8-12-22(18)24/h5-16H,3-4H2,1-2H3,(H,29,33)(H,30,34). The van der Waals surface area contributed by atoms with E-state index in [1.165, 1.54) is 12.1 Å². The first-order chi connectivity index (χ1) is 17.9. The normalized spacial score (nSPS) is 10.5. The molecule has 0 fully saturated rings. The van der Waals surface area contributed by atoms with Crippen molar-refractivity contribution in [3.8, 4) is 0 Å². The van der Waals surface area contributed by atoms with Gasteiger partial charge in [-0.25, -0.2) is 19.2 Å². The van der Waals surface area contributed by atoms with Gasteiger partial charge in [0.25, 0.3) is 0 Å². The highest BCUT2D eigenvalue weighted by molar-refractivity contribution is 6.14. The minimum atomic E-state index is -0.901. The molecule has 0 unspecified atom stereocenters. The lowest BCUT2D eigenvalue weighted by Crippen LogP contribution is -2.17. The van der Waals surface area contributed by atoms with E-state index in [0.717, 1.165) is 0 Å². The molecule has 0 heterocycles. The van der Waals surface area contributed by atoms with Crippen LogP contribution in [0.4, 0.5) is 21.0 Å². The Hall–Kier alpha value is -4.92. The molecule has 0 atom stereocenters. The quantitative estimate of drug-likeness (QED) is 0.186. The highest BCUT2D eigenvalue weighted by Crippen LogP contribution is 2.28. The molecule has 0 spiro atoms. The average molecular weight is 501 g/mol. The zero-order valence-electron chi connectivity index (χ0n) is 20.2. The molecule has 4 rings (SSSR count). The lowest BCUT2D eigenvalue weighted by atomic mass is 10.0. The van der Waals surface area contributed by atoms with Crippen LogP contribution in [0.2, 0.25) is 0 Å². The van der Waals surface area contributed by atoms with Crippen molar-refractivity contribution in [3.63, 3.8) is 0 Å². The smallest absolute Gasteiger partial charge is 0.411 e. The Kier molecular flexibility index (Phi) is 7.63. The number of nitrogens with one attached hydrogen (secondary N) is 2. The second kappa shape index (κ2) is 11.2. The Balaban J connectivity index is 1.68. The number of ether oxygens (including phenoxy) is 3. The number of esters is 2. The predicted molar refractivity (Wildman–Crippen MR) is 139 cm³/mol. The third-order valence-corrected chi connectivity index (χ3v) is 5.39. The summed E-state index contributed by atoms with van der Waals surface area (Å²) in [5.74, 6) is -1.80. The van der Waals surface area contributed by atoms with E-state index in [-0.39, 0.29) is 24.3 Å². The maximum Gasteiger partial charge on any atom is 0.411 e. The Morgan fingerprint density at radius 2 is 1.03 bits per heavy atom. The van der Waals surface area contributed by atoms with Gasteiger partial charge < -0.3 is 14.2 Å². The van der Waals surface area contributed by atoms with E-state index in [1.807, 2.05) is 0 Å². The molecule has 188 valence electrons. The average Bonchev–Trinajstić information content (AvgIpc) is 2.88. The first kappa shape index (κ1) is 25.2. The molecule has 0 aliphatic carbocycles. The monoisotopic (exact) mass is 500 g/mol. The van der Waals surface area contributed by atoms with Gasteiger partial charge in [0.15, 0.2) is 0 Å². The summed E-state index contributed by atoms with van der Waals surface area (Å²) in [4.78, 5) is 50.3. The van der Waals surface area contributed by atoms with Crippen LogP contribution in [0, 0.1) is 0 Å². The number of carbonyl (C=O) groups is 4. The second-order valence-electron chi connectivity index (χ2n) is 7.86. The van der Waals surface area contributed by atoms with E-state index in [1.54, 1.807) is 74.5 Å². The Morgan fingerprint density at radius 1 is 0.622 bits per heavy atom. The number of fused-ring (bicyclic) bond motifs is 2. The van der Waals surface area contributed by atoms with Gasteiger partial charge in [0.2, 0.25) is 0 Å². The highest BCUT2D eigenvalue weighted by Gasteiger charge is 2.21. The van der Waals surface area contributed by atoms with Crippen LogP contribution in [0.25, 0.3) is 21.5 Å². The van der Waals surface area contributed by atoms with Crippen LogP contribution in [-0.4, -0.2) is 37.3 Å². The maximum atomic E-state index is 13.2. The molecule has 0 radical (unpaired) electrons. The van der Waals surface area contributed by atoms with Crippen LogP contribution in [0.15, 0.2) is 72.8 Å².